The highest BCUT2D eigenvalue weighted by Gasteiger charge is 2.31. The van der Waals surface area contributed by atoms with E-state index >= 15 is 0 Å². The van der Waals surface area contributed by atoms with Gasteiger partial charge < -0.3 is 10.2 Å². The zero-order valence-electron chi connectivity index (χ0n) is 16.7. The number of hydrogen-bond donors (Lipinski definition) is 1. The summed E-state index contributed by atoms with van der Waals surface area (Å²) in [4.78, 5) is 26.9. The molecule has 1 atom stereocenters. The molecule has 146 valence electrons. The van der Waals surface area contributed by atoms with Gasteiger partial charge in [-0.1, -0.05) is 48.5 Å². The van der Waals surface area contributed by atoms with E-state index in [4.69, 9.17) is 0 Å². The summed E-state index contributed by atoms with van der Waals surface area (Å²) in [7, 11) is 0. The molecule has 0 spiro atoms. The summed E-state index contributed by atoms with van der Waals surface area (Å²) >= 11 is 0. The third kappa shape index (κ3) is 4.06. The highest BCUT2D eigenvalue weighted by molar-refractivity contribution is 5.99. The molecule has 1 saturated heterocycles. The van der Waals surface area contributed by atoms with Crippen LogP contribution in [0.2, 0.25) is 0 Å². The first kappa shape index (κ1) is 18.9. The minimum Gasteiger partial charge on any atom is -0.347 e. The van der Waals surface area contributed by atoms with Gasteiger partial charge in [0, 0.05) is 24.2 Å². The maximum atomic E-state index is 12.7. The van der Waals surface area contributed by atoms with Crippen LogP contribution in [-0.4, -0.2) is 24.4 Å². The molecule has 1 heterocycles. The van der Waals surface area contributed by atoms with Gasteiger partial charge in [-0.15, -0.1) is 0 Å². The van der Waals surface area contributed by atoms with Crippen molar-refractivity contribution in [1.29, 1.82) is 0 Å². The topological polar surface area (TPSA) is 49.4 Å². The van der Waals surface area contributed by atoms with Crippen LogP contribution in [0.3, 0.4) is 0 Å². The van der Waals surface area contributed by atoms with Crippen LogP contribution in [-0.2, 0) is 4.79 Å². The average Bonchev–Trinajstić information content (AvgIpc) is 3.10. The molecular formula is C25H24N2O2. The van der Waals surface area contributed by atoms with E-state index in [1.54, 1.807) is 4.90 Å². The number of nitrogens with zero attached hydrogens (tertiary/aromatic N) is 1. The minimum absolute atomic E-state index is 0.0398. The van der Waals surface area contributed by atoms with Crippen molar-refractivity contribution in [3.63, 3.8) is 0 Å². The Kier molecular flexibility index (Phi) is 5.17. The summed E-state index contributed by atoms with van der Waals surface area (Å²) in [6.07, 6.45) is 0.320. The predicted molar refractivity (Wildman–Crippen MR) is 116 cm³/mol. The Labute approximate surface area is 171 Å². The van der Waals surface area contributed by atoms with Crippen LogP contribution in [0.4, 0.5) is 5.69 Å². The van der Waals surface area contributed by atoms with Gasteiger partial charge in [-0.25, -0.2) is 0 Å². The molecule has 0 unspecified atom stereocenters. The largest absolute Gasteiger partial charge is 0.347 e. The van der Waals surface area contributed by atoms with Crippen LogP contribution >= 0.6 is 0 Å². The van der Waals surface area contributed by atoms with Crippen molar-refractivity contribution in [2.75, 3.05) is 11.4 Å². The number of anilines is 1. The van der Waals surface area contributed by atoms with Crippen molar-refractivity contribution >= 4 is 17.5 Å². The van der Waals surface area contributed by atoms with Gasteiger partial charge in [0.15, 0.2) is 0 Å². The number of carbonyl (C=O) groups is 2. The van der Waals surface area contributed by atoms with Crippen molar-refractivity contribution in [3.05, 3.63) is 89.5 Å². The second-order valence-electron chi connectivity index (χ2n) is 7.59. The van der Waals surface area contributed by atoms with E-state index in [1.807, 2.05) is 79.7 Å². The SMILES string of the molecule is Cc1ccc(N2C[C@H](NC(=O)c3ccc(-c4ccccc4)cc3)CC2=O)cc1C. The first-order valence-electron chi connectivity index (χ1n) is 9.85. The molecule has 4 nitrogen and oxygen atoms in total. The smallest absolute Gasteiger partial charge is 0.251 e. The van der Waals surface area contributed by atoms with E-state index in [-0.39, 0.29) is 17.9 Å². The van der Waals surface area contributed by atoms with Gasteiger partial charge in [0.1, 0.15) is 0 Å². The fraction of sp³-hybridized carbons (Fsp3) is 0.200. The van der Waals surface area contributed by atoms with Crippen molar-refractivity contribution in [2.24, 2.45) is 0 Å². The van der Waals surface area contributed by atoms with E-state index in [0.29, 0.717) is 18.5 Å². The molecule has 0 radical (unpaired) electrons. The molecule has 1 fully saturated rings. The maximum absolute atomic E-state index is 12.7. The molecule has 29 heavy (non-hydrogen) atoms. The van der Waals surface area contributed by atoms with E-state index in [9.17, 15) is 9.59 Å². The van der Waals surface area contributed by atoms with Crippen molar-refractivity contribution in [1.82, 2.24) is 5.32 Å². The lowest BCUT2D eigenvalue weighted by Gasteiger charge is -2.18. The Balaban J connectivity index is 1.42. The Morgan fingerprint density at radius 1 is 0.897 bits per heavy atom. The second kappa shape index (κ2) is 7.92. The normalized spacial score (nSPS) is 16.1. The molecule has 1 aliphatic rings. The van der Waals surface area contributed by atoms with Crippen LogP contribution in [0.25, 0.3) is 11.1 Å². The summed E-state index contributed by atoms with van der Waals surface area (Å²) in [5.41, 5.74) is 6.03. The standard InChI is InChI=1S/C25H24N2O2/c1-17-8-13-23(14-18(17)2)27-16-22(15-24(27)28)26-25(29)21-11-9-20(10-12-21)19-6-4-3-5-7-19/h3-14,22H,15-16H2,1-2H3,(H,26,29)/t22-/m1/s1. The summed E-state index contributed by atoms with van der Waals surface area (Å²) in [6, 6.07) is 23.4. The molecule has 3 aromatic carbocycles. The third-order valence-electron chi connectivity index (χ3n) is 5.52. The number of hydrogen-bond acceptors (Lipinski definition) is 2. The molecule has 4 heteroatoms. The molecule has 0 aliphatic carbocycles. The highest BCUT2D eigenvalue weighted by Crippen LogP contribution is 2.24. The fourth-order valence-corrected chi connectivity index (χ4v) is 3.66. The fourth-order valence-electron chi connectivity index (χ4n) is 3.66. The Morgan fingerprint density at radius 3 is 2.28 bits per heavy atom. The van der Waals surface area contributed by atoms with Gasteiger partial charge in [-0.2, -0.15) is 0 Å². The van der Waals surface area contributed by atoms with E-state index in [0.717, 1.165) is 22.4 Å². The molecule has 1 aliphatic heterocycles. The second-order valence-corrected chi connectivity index (χ2v) is 7.59. The number of nitrogens with one attached hydrogen (secondary N) is 1. The molecule has 0 bridgehead atoms. The molecule has 0 saturated carbocycles. The van der Waals surface area contributed by atoms with Crippen LogP contribution in [0.15, 0.2) is 72.8 Å². The summed E-state index contributed by atoms with van der Waals surface area (Å²) in [6.45, 7) is 4.59. The maximum Gasteiger partial charge on any atom is 0.251 e. The van der Waals surface area contributed by atoms with Gasteiger partial charge in [0.25, 0.3) is 5.91 Å². The summed E-state index contributed by atoms with van der Waals surface area (Å²) in [5.74, 6) is -0.109. The molecule has 0 aromatic heterocycles. The third-order valence-corrected chi connectivity index (χ3v) is 5.52. The van der Waals surface area contributed by atoms with E-state index < -0.39 is 0 Å². The lowest BCUT2D eigenvalue weighted by Crippen LogP contribution is -2.37. The quantitative estimate of drug-likeness (QED) is 0.720. The van der Waals surface area contributed by atoms with Gasteiger partial charge in [-0.05, 0) is 60.4 Å². The average molecular weight is 384 g/mol. The predicted octanol–water partition coefficient (Wildman–Crippen LogP) is 4.51. The Hall–Kier alpha value is -3.40. The van der Waals surface area contributed by atoms with Crippen molar-refractivity contribution in [3.8, 4) is 11.1 Å². The highest BCUT2D eigenvalue weighted by atomic mass is 16.2. The van der Waals surface area contributed by atoms with Crippen LogP contribution in [0.1, 0.15) is 27.9 Å². The summed E-state index contributed by atoms with van der Waals surface area (Å²) < 4.78 is 0. The molecule has 2 amide bonds. The Bertz CT molecular complexity index is 1040. The van der Waals surface area contributed by atoms with Crippen molar-refractivity contribution in [2.45, 2.75) is 26.3 Å². The zero-order chi connectivity index (χ0) is 20.4. The van der Waals surface area contributed by atoms with Gasteiger partial charge >= 0.3 is 0 Å². The number of carbonyl (C=O) groups excluding carboxylic acids is 2. The van der Waals surface area contributed by atoms with E-state index in [2.05, 4.69) is 12.2 Å². The molecule has 3 aromatic rings. The van der Waals surface area contributed by atoms with Gasteiger partial charge in [0.05, 0.1) is 6.04 Å². The van der Waals surface area contributed by atoms with Crippen LogP contribution < -0.4 is 10.2 Å². The zero-order valence-corrected chi connectivity index (χ0v) is 16.7. The number of aryl methyl sites for hydroxylation is 2. The van der Waals surface area contributed by atoms with Gasteiger partial charge in [0.2, 0.25) is 5.91 Å². The number of rotatable bonds is 4. The lowest BCUT2D eigenvalue weighted by molar-refractivity contribution is -0.117. The van der Waals surface area contributed by atoms with E-state index in [1.165, 1.54) is 5.56 Å². The lowest BCUT2D eigenvalue weighted by atomic mass is 10.0. The molecule has 4 rings (SSSR count). The monoisotopic (exact) mass is 384 g/mol. The number of benzene rings is 3. The minimum atomic E-state index is -0.189. The first-order valence-corrected chi connectivity index (χ1v) is 9.85. The molecule has 1 N–H and O–H groups in total. The van der Waals surface area contributed by atoms with Crippen molar-refractivity contribution < 1.29 is 9.59 Å². The summed E-state index contributed by atoms with van der Waals surface area (Å²) in [5, 5.41) is 3.01. The van der Waals surface area contributed by atoms with Crippen LogP contribution in [0, 0.1) is 13.8 Å². The van der Waals surface area contributed by atoms with Gasteiger partial charge in [-0.3, -0.25) is 9.59 Å². The number of amides is 2. The molecular weight excluding hydrogens is 360 g/mol. The first-order chi connectivity index (χ1) is 14.0. The Morgan fingerprint density at radius 2 is 1.59 bits per heavy atom. The van der Waals surface area contributed by atoms with Crippen LogP contribution in [0.5, 0.6) is 0 Å².